The average Bonchev–Trinajstić information content (AvgIpc) is 2.92. The van der Waals surface area contributed by atoms with Gasteiger partial charge >= 0.3 is 0 Å². The predicted molar refractivity (Wildman–Crippen MR) is 81.2 cm³/mol. The molecule has 0 spiro atoms. The van der Waals surface area contributed by atoms with E-state index in [9.17, 15) is 4.79 Å². The fourth-order valence-electron chi connectivity index (χ4n) is 2.25. The maximum atomic E-state index is 11.5. The number of primary amides is 1. The molecule has 0 saturated heterocycles. The molecular formula is C16H12NO2S. The van der Waals surface area contributed by atoms with Crippen LogP contribution in [0.15, 0.2) is 42.5 Å². The van der Waals surface area contributed by atoms with Crippen molar-refractivity contribution in [3.05, 3.63) is 53.4 Å². The van der Waals surface area contributed by atoms with Crippen molar-refractivity contribution in [1.29, 1.82) is 0 Å². The SMILES string of the molecule is COc1ccc(-c2ccccc2)c2s[c]c(C(N)=O)c12. The van der Waals surface area contributed by atoms with Crippen LogP contribution in [-0.2, 0) is 0 Å². The van der Waals surface area contributed by atoms with E-state index in [1.165, 1.54) is 11.3 Å². The summed E-state index contributed by atoms with van der Waals surface area (Å²) in [4.78, 5) is 11.5. The van der Waals surface area contributed by atoms with Crippen molar-refractivity contribution in [2.75, 3.05) is 7.11 Å². The van der Waals surface area contributed by atoms with Crippen LogP contribution in [0.5, 0.6) is 5.75 Å². The predicted octanol–water partition coefficient (Wildman–Crippen LogP) is 3.48. The molecule has 3 aromatic rings. The van der Waals surface area contributed by atoms with Gasteiger partial charge in [-0.2, -0.15) is 0 Å². The molecule has 0 bridgehead atoms. The lowest BCUT2D eigenvalue weighted by atomic mass is 10.0. The van der Waals surface area contributed by atoms with Gasteiger partial charge in [-0.1, -0.05) is 30.3 Å². The number of thiophene rings is 1. The summed E-state index contributed by atoms with van der Waals surface area (Å²) in [6, 6.07) is 13.9. The zero-order chi connectivity index (χ0) is 14.1. The van der Waals surface area contributed by atoms with Gasteiger partial charge in [-0.05, 0) is 23.3 Å². The molecule has 1 radical (unpaired) electrons. The number of hydrogen-bond acceptors (Lipinski definition) is 3. The topological polar surface area (TPSA) is 52.3 Å². The second-order valence-electron chi connectivity index (χ2n) is 4.33. The molecule has 2 N–H and O–H groups in total. The van der Waals surface area contributed by atoms with Crippen molar-refractivity contribution in [1.82, 2.24) is 0 Å². The highest BCUT2D eigenvalue weighted by Gasteiger charge is 2.17. The van der Waals surface area contributed by atoms with Gasteiger partial charge in [0, 0.05) is 10.1 Å². The Morgan fingerprint density at radius 3 is 2.60 bits per heavy atom. The lowest BCUT2D eigenvalue weighted by molar-refractivity contribution is 0.100. The van der Waals surface area contributed by atoms with Crippen LogP contribution in [0.4, 0.5) is 0 Å². The van der Waals surface area contributed by atoms with Gasteiger partial charge in [0.2, 0.25) is 0 Å². The van der Waals surface area contributed by atoms with Crippen LogP contribution in [0.2, 0.25) is 0 Å². The van der Waals surface area contributed by atoms with Crippen molar-refractivity contribution >= 4 is 27.3 Å². The summed E-state index contributed by atoms with van der Waals surface area (Å²) in [5.74, 6) is 0.158. The monoisotopic (exact) mass is 282 g/mol. The second-order valence-corrected chi connectivity index (χ2v) is 5.15. The first-order valence-electron chi connectivity index (χ1n) is 6.08. The number of rotatable bonds is 3. The Labute approximate surface area is 120 Å². The number of benzene rings is 2. The van der Waals surface area contributed by atoms with E-state index >= 15 is 0 Å². The number of methoxy groups -OCH3 is 1. The van der Waals surface area contributed by atoms with Crippen LogP contribution in [0.3, 0.4) is 0 Å². The van der Waals surface area contributed by atoms with Crippen LogP contribution in [0.1, 0.15) is 10.4 Å². The number of amides is 1. The third-order valence-electron chi connectivity index (χ3n) is 3.18. The minimum atomic E-state index is -0.486. The lowest BCUT2D eigenvalue weighted by Crippen LogP contribution is -2.10. The van der Waals surface area contributed by atoms with E-state index < -0.39 is 5.91 Å². The molecule has 4 heteroatoms. The third kappa shape index (κ3) is 1.94. The van der Waals surface area contributed by atoms with E-state index in [0.717, 1.165) is 21.2 Å². The number of carbonyl (C=O) groups excluding carboxylic acids is 1. The van der Waals surface area contributed by atoms with Gasteiger partial charge in [0.15, 0.2) is 0 Å². The van der Waals surface area contributed by atoms with Crippen molar-refractivity contribution in [3.8, 4) is 16.9 Å². The highest BCUT2D eigenvalue weighted by molar-refractivity contribution is 7.17. The molecule has 1 heterocycles. The molecule has 3 rings (SSSR count). The summed E-state index contributed by atoms with van der Waals surface area (Å²) in [6.07, 6.45) is 0. The molecule has 20 heavy (non-hydrogen) atoms. The fourth-order valence-corrected chi connectivity index (χ4v) is 3.26. The zero-order valence-corrected chi connectivity index (χ0v) is 11.7. The summed E-state index contributed by atoms with van der Waals surface area (Å²) >= 11 is 1.39. The first-order chi connectivity index (χ1) is 9.72. The summed E-state index contributed by atoms with van der Waals surface area (Å²) in [7, 11) is 1.58. The molecule has 3 nitrogen and oxygen atoms in total. The van der Waals surface area contributed by atoms with E-state index in [1.807, 2.05) is 42.5 Å². The highest BCUT2D eigenvalue weighted by Crippen LogP contribution is 2.39. The first-order valence-corrected chi connectivity index (χ1v) is 6.90. The van der Waals surface area contributed by atoms with Gasteiger partial charge in [0.1, 0.15) is 5.75 Å². The summed E-state index contributed by atoms with van der Waals surface area (Å²) in [5.41, 5.74) is 7.95. The first kappa shape index (κ1) is 12.7. The Balaban J connectivity index is 2.34. The van der Waals surface area contributed by atoms with E-state index in [0.29, 0.717) is 11.3 Å². The molecular weight excluding hydrogens is 270 g/mol. The molecule has 0 atom stereocenters. The van der Waals surface area contributed by atoms with Crippen LogP contribution < -0.4 is 10.5 Å². The summed E-state index contributed by atoms with van der Waals surface area (Å²) in [6.45, 7) is 0. The maximum absolute atomic E-state index is 11.5. The minimum Gasteiger partial charge on any atom is -0.496 e. The van der Waals surface area contributed by atoms with Gasteiger partial charge in [0.05, 0.1) is 18.1 Å². The Morgan fingerprint density at radius 1 is 1.20 bits per heavy atom. The van der Waals surface area contributed by atoms with E-state index in [1.54, 1.807) is 7.11 Å². The van der Waals surface area contributed by atoms with Crippen molar-refractivity contribution in [2.45, 2.75) is 0 Å². The van der Waals surface area contributed by atoms with Crippen LogP contribution in [0, 0.1) is 5.38 Å². The van der Waals surface area contributed by atoms with Crippen LogP contribution in [0.25, 0.3) is 21.2 Å². The number of ether oxygens (including phenoxy) is 1. The van der Waals surface area contributed by atoms with E-state index in [-0.39, 0.29) is 0 Å². The standard InChI is InChI=1S/C16H12NO2S/c1-19-13-8-7-11(10-5-3-2-4-6-10)15-14(13)12(9-20-15)16(17)18/h2-8H,1H3,(H2,17,18). The number of nitrogens with two attached hydrogens (primary N) is 1. The molecule has 0 unspecified atom stereocenters. The van der Waals surface area contributed by atoms with E-state index in [2.05, 4.69) is 5.38 Å². The molecule has 0 aliphatic heterocycles. The maximum Gasteiger partial charge on any atom is 0.250 e. The number of hydrogen-bond donors (Lipinski definition) is 1. The largest absolute Gasteiger partial charge is 0.496 e. The summed E-state index contributed by atoms with van der Waals surface area (Å²) < 4.78 is 6.31. The van der Waals surface area contributed by atoms with Gasteiger partial charge in [-0.3, -0.25) is 4.79 Å². The molecule has 99 valence electrons. The Hall–Kier alpha value is -2.33. The van der Waals surface area contributed by atoms with Gasteiger partial charge < -0.3 is 10.5 Å². The van der Waals surface area contributed by atoms with Crippen molar-refractivity contribution in [2.24, 2.45) is 5.73 Å². The second kappa shape index (κ2) is 4.98. The third-order valence-corrected chi connectivity index (χ3v) is 4.11. The normalized spacial score (nSPS) is 10.7. The number of carbonyl (C=O) groups is 1. The Bertz CT molecular complexity index is 778. The van der Waals surface area contributed by atoms with Crippen LogP contribution in [-0.4, -0.2) is 13.0 Å². The van der Waals surface area contributed by atoms with Gasteiger partial charge in [-0.15, -0.1) is 11.3 Å². The highest BCUT2D eigenvalue weighted by atomic mass is 32.1. The van der Waals surface area contributed by atoms with Gasteiger partial charge in [-0.25, -0.2) is 0 Å². The fraction of sp³-hybridized carbons (Fsp3) is 0.0625. The molecule has 0 saturated carbocycles. The Kier molecular flexibility index (Phi) is 3.16. The Morgan fingerprint density at radius 2 is 1.95 bits per heavy atom. The van der Waals surface area contributed by atoms with Crippen molar-refractivity contribution < 1.29 is 9.53 Å². The molecule has 0 fully saturated rings. The lowest BCUT2D eigenvalue weighted by Gasteiger charge is -2.08. The summed E-state index contributed by atoms with van der Waals surface area (Å²) in [5, 5.41) is 3.73. The van der Waals surface area contributed by atoms with Crippen molar-refractivity contribution in [3.63, 3.8) is 0 Å². The average molecular weight is 282 g/mol. The molecule has 1 amide bonds. The molecule has 1 aromatic heterocycles. The van der Waals surface area contributed by atoms with Crippen LogP contribution >= 0.6 is 11.3 Å². The molecule has 0 aliphatic rings. The smallest absolute Gasteiger partial charge is 0.250 e. The molecule has 0 aliphatic carbocycles. The zero-order valence-electron chi connectivity index (χ0n) is 10.8. The van der Waals surface area contributed by atoms with E-state index in [4.69, 9.17) is 10.5 Å². The number of fused-ring (bicyclic) bond motifs is 1. The minimum absolute atomic E-state index is 0.389. The molecule has 2 aromatic carbocycles. The van der Waals surface area contributed by atoms with Gasteiger partial charge in [0.25, 0.3) is 5.91 Å². The quantitative estimate of drug-likeness (QED) is 0.799.